The van der Waals surface area contributed by atoms with Crippen LogP contribution in [0.4, 0.5) is 0 Å². The highest BCUT2D eigenvalue weighted by molar-refractivity contribution is 7.89. The summed E-state index contributed by atoms with van der Waals surface area (Å²) in [6, 6.07) is 14.3. The van der Waals surface area contributed by atoms with Crippen LogP contribution < -0.4 is 4.72 Å². The van der Waals surface area contributed by atoms with Crippen LogP contribution in [0.3, 0.4) is 0 Å². The summed E-state index contributed by atoms with van der Waals surface area (Å²) in [5.74, 6) is -0.685. The van der Waals surface area contributed by atoms with Crippen LogP contribution in [0.25, 0.3) is 0 Å². The Morgan fingerprint density at radius 3 is 2.24 bits per heavy atom. The van der Waals surface area contributed by atoms with Gasteiger partial charge in [-0.05, 0) is 50.8 Å². The third-order valence-corrected chi connectivity index (χ3v) is 6.51. The Bertz CT molecular complexity index is 1000. The van der Waals surface area contributed by atoms with Crippen LogP contribution in [0, 0.1) is 32.1 Å². The fourth-order valence-corrected chi connectivity index (χ4v) is 5.02. The highest BCUT2D eigenvalue weighted by Crippen LogP contribution is 2.29. The van der Waals surface area contributed by atoms with Gasteiger partial charge in [-0.15, -0.1) is 0 Å². The quantitative estimate of drug-likeness (QED) is 0.669. The summed E-state index contributed by atoms with van der Waals surface area (Å²) in [5, 5.41) is 9.86. The molecule has 0 bridgehead atoms. The van der Waals surface area contributed by atoms with E-state index in [0.717, 1.165) is 5.56 Å². The Hall–Kier alpha value is -2.69. The minimum Gasteiger partial charge on any atom is -0.465 e. The number of nitrogens with one attached hydrogen (secondary N) is 1. The Morgan fingerprint density at radius 1 is 1.14 bits per heavy atom. The summed E-state index contributed by atoms with van der Waals surface area (Å²) in [6.45, 7) is 7.10. The van der Waals surface area contributed by atoms with E-state index < -0.39 is 21.4 Å². The van der Waals surface area contributed by atoms with Gasteiger partial charge in [0.25, 0.3) is 0 Å². The van der Waals surface area contributed by atoms with Gasteiger partial charge in [-0.25, -0.2) is 17.9 Å². The number of aryl methyl sites for hydroxylation is 3. The number of sulfonamides is 1. The first-order valence-corrected chi connectivity index (χ1v) is 10.9. The van der Waals surface area contributed by atoms with Crippen molar-refractivity contribution >= 4 is 16.0 Å². The summed E-state index contributed by atoms with van der Waals surface area (Å²) >= 11 is 0. The molecule has 0 spiro atoms. The van der Waals surface area contributed by atoms with Crippen molar-refractivity contribution in [1.82, 2.24) is 4.72 Å². The topological polar surface area (TPSA) is 96.3 Å². The number of hydrogen-bond donors (Lipinski definition) is 1. The van der Waals surface area contributed by atoms with Gasteiger partial charge < -0.3 is 4.74 Å². The maximum Gasteiger partial charge on any atom is 0.331 e. The number of nitrogens with zero attached hydrogens (tertiary/aromatic N) is 1. The van der Waals surface area contributed by atoms with Crippen LogP contribution in [-0.4, -0.2) is 27.5 Å². The molecular weight excluding hydrogens is 388 g/mol. The predicted molar refractivity (Wildman–Crippen MR) is 111 cm³/mol. The maximum absolute atomic E-state index is 12.9. The van der Waals surface area contributed by atoms with Crippen LogP contribution in [-0.2, 0) is 25.0 Å². The van der Waals surface area contributed by atoms with E-state index in [1.807, 2.05) is 19.1 Å². The standard InChI is InChI=1S/C22H26N2O4S/c1-5-28-21(25)22(15-23,19-9-7-6-8-10-19)11-12-24-29(26,27)20-17(3)13-16(2)14-18(20)4/h6-10,13-14,24H,5,11-12H2,1-4H3. The first kappa shape index (κ1) is 22.6. The van der Waals surface area contributed by atoms with Gasteiger partial charge in [-0.2, -0.15) is 5.26 Å². The minimum atomic E-state index is -3.80. The van der Waals surface area contributed by atoms with Gasteiger partial charge in [-0.3, -0.25) is 0 Å². The number of nitriles is 1. The zero-order valence-corrected chi connectivity index (χ0v) is 18.0. The number of hydrogen-bond acceptors (Lipinski definition) is 5. The van der Waals surface area contributed by atoms with Crippen molar-refractivity contribution in [3.63, 3.8) is 0 Å². The van der Waals surface area contributed by atoms with Crippen LogP contribution in [0.2, 0.25) is 0 Å². The second kappa shape index (κ2) is 9.21. The fourth-order valence-electron chi connectivity index (χ4n) is 3.54. The van der Waals surface area contributed by atoms with Crippen molar-refractivity contribution in [3.8, 4) is 6.07 Å². The van der Waals surface area contributed by atoms with E-state index in [4.69, 9.17) is 4.74 Å². The highest BCUT2D eigenvalue weighted by atomic mass is 32.2. The Morgan fingerprint density at radius 2 is 1.72 bits per heavy atom. The average molecular weight is 415 g/mol. The van der Waals surface area contributed by atoms with Gasteiger partial charge in [0.2, 0.25) is 10.0 Å². The van der Waals surface area contributed by atoms with Crippen molar-refractivity contribution in [3.05, 3.63) is 64.7 Å². The molecule has 2 aromatic rings. The van der Waals surface area contributed by atoms with Gasteiger partial charge >= 0.3 is 5.97 Å². The van der Waals surface area contributed by atoms with E-state index in [-0.39, 0.29) is 24.5 Å². The molecule has 2 aromatic carbocycles. The van der Waals surface area contributed by atoms with Crippen LogP contribution in [0.15, 0.2) is 47.4 Å². The highest BCUT2D eigenvalue weighted by Gasteiger charge is 2.42. The molecule has 6 nitrogen and oxygen atoms in total. The van der Waals surface area contributed by atoms with Gasteiger partial charge in [0, 0.05) is 6.54 Å². The van der Waals surface area contributed by atoms with E-state index in [9.17, 15) is 18.5 Å². The second-order valence-electron chi connectivity index (χ2n) is 6.98. The molecule has 0 fully saturated rings. The van der Waals surface area contributed by atoms with Gasteiger partial charge in [0.15, 0.2) is 5.41 Å². The first-order chi connectivity index (χ1) is 13.7. The molecule has 29 heavy (non-hydrogen) atoms. The fraction of sp³-hybridized carbons (Fsp3) is 0.364. The molecule has 0 aromatic heterocycles. The largest absolute Gasteiger partial charge is 0.465 e. The molecule has 1 atom stereocenters. The number of rotatable bonds is 8. The number of carbonyl (C=O) groups is 1. The number of esters is 1. The number of benzene rings is 2. The third kappa shape index (κ3) is 4.84. The van der Waals surface area contributed by atoms with Crippen molar-refractivity contribution < 1.29 is 17.9 Å². The van der Waals surface area contributed by atoms with Crippen LogP contribution in [0.5, 0.6) is 0 Å². The molecule has 154 valence electrons. The predicted octanol–water partition coefficient (Wildman–Crippen LogP) is 3.30. The number of ether oxygens (including phenoxy) is 1. The maximum atomic E-state index is 12.9. The minimum absolute atomic E-state index is 0.0461. The molecule has 0 aliphatic rings. The monoisotopic (exact) mass is 414 g/mol. The third-order valence-electron chi connectivity index (χ3n) is 4.75. The zero-order chi connectivity index (χ0) is 21.7. The summed E-state index contributed by atoms with van der Waals surface area (Å²) in [5.41, 5.74) is 1.17. The molecule has 0 aliphatic carbocycles. The molecule has 0 aliphatic heterocycles. The lowest BCUT2D eigenvalue weighted by molar-refractivity contribution is -0.148. The SMILES string of the molecule is CCOC(=O)C(C#N)(CCNS(=O)(=O)c1c(C)cc(C)cc1C)c1ccccc1. The lowest BCUT2D eigenvalue weighted by Crippen LogP contribution is -2.40. The lowest BCUT2D eigenvalue weighted by atomic mass is 9.79. The Labute approximate surface area is 172 Å². The van der Waals surface area contributed by atoms with Crippen molar-refractivity contribution in [1.29, 1.82) is 5.26 Å². The summed E-state index contributed by atoms with van der Waals surface area (Å²) in [4.78, 5) is 12.9. The van der Waals surface area contributed by atoms with E-state index in [2.05, 4.69) is 10.8 Å². The molecule has 2 rings (SSSR count). The van der Waals surface area contributed by atoms with E-state index in [1.54, 1.807) is 51.1 Å². The zero-order valence-electron chi connectivity index (χ0n) is 17.2. The lowest BCUT2D eigenvalue weighted by Gasteiger charge is -2.25. The van der Waals surface area contributed by atoms with Crippen molar-refractivity contribution in [2.45, 2.75) is 44.4 Å². The number of carbonyl (C=O) groups excluding carboxylic acids is 1. The molecular formula is C22H26N2O4S. The molecule has 1 unspecified atom stereocenters. The van der Waals surface area contributed by atoms with E-state index in [0.29, 0.717) is 16.7 Å². The van der Waals surface area contributed by atoms with Crippen molar-refractivity contribution in [2.75, 3.05) is 13.2 Å². The van der Waals surface area contributed by atoms with Gasteiger partial charge in [0.1, 0.15) is 0 Å². The Balaban J connectivity index is 2.31. The van der Waals surface area contributed by atoms with Crippen LogP contribution in [0.1, 0.15) is 35.6 Å². The second-order valence-corrected chi connectivity index (χ2v) is 8.68. The average Bonchev–Trinajstić information content (AvgIpc) is 2.65. The van der Waals surface area contributed by atoms with Gasteiger partial charge in [-0.1, -0.05) is 48.0 Å². The van der Waals surface area contributed by atoms with E-state index >= 15 is 0 Å². The van der Waals surface area contributed by atoms with Gasteiger partial charge in [0.05, 0.1) is 17.6 Å². The smallest absolute Gasteiger partial charge is 0.331 e. The molecule has 0 saturated heterocycles. The molecule has 7 heteroatoms. The summed E-state index contributed by atoms with van der Waals surface area (Å²) < 4.78 is 33.4. The van der Waals surface area contributed by atoms with Crippen molar-refractivity contribution in [2.24, 2.45) is 0 Å². The molecule has 0 amide bonds. The molecule has 0 saturated carbocycles. The molecule has 0 heterocycles. The normalized spacial score (nSPS) is 13.3. The van der Waals surface area contributed by atoms with E-state index in [1.165, 1.54) is 0 Å². The first-order valence-electron chi connectivity index (χ1n) is 9.39. The molecule has 0 radical (unpaired) electrons. The Kier molecular flexibility index (Phi) is 7.17. The molecule has 1 N–H and O–H groups in total. The van der Waals surface area contributed by atoms with Crippen LogP contribution >= 0.6 is 0 Å². The summed E-state index contributed by atoms with van der Waals surface area (Å²) in [7, 11) is -3.80. The summed E-state index contributed by atoms with van der Waals surface area (Å²) in [6.07, 6.45) is -0.0461.